The van der Waals surface area contributed by atoms with Crippen LogP contribution in [0.15, 0.2) is 30.3 Å². The first-order valence-electron chi connectivity index (χ1n) is 14.2. The van der Waals surface area contributed by atoms with E-state index in [2.05, 4.69) is 63.5 Å². The van der Waals surface area contributed by atoms with Crippen LogP contribution in [0, 0.1) is 11.3 Å². The van der Waals surface area contributed by atoms with Crippen LogP contribution in [-0.4, -0.2) is 34.7 Å². The number of benzene rings is 2. The number of aryl methyl sites for hydroxylation is 2. The second-order valence-electron chi connectivity index (χ2n) is 11.9. The lowest BCUT2D eigenvalue weighted by molar-refractivity contribution is -0.122. The van der Waals surface area contributed by atoms with E-state index in [4.69, 9.17) is 0 Å². The van der Waals surface area contributed by atoms with Crippen molar-refractivity contribution >= 4 is 5.91 Å². The zero-order valence-electron chi connectivity index (χ0n) is 23.6. The standard InChI is InChI=1S/C32H46N2O3/c1-7-15-32(34-22(5)35)21(4)30(6)18-26-12-13-27(36)29(37)28(26)31(32,19-30)20-33-16-14-23-10-11-24(8-2)25(9-3)17-23/h10-13,17,21,33,36-37H,7-9,14-16,18-20H2,1-6H3,(H,34,35). The predicted molar refractivity (Wildman–Crippen MR) is 150 cm³/mol. The van der Waals surface area contributed by atoms with Gasteiger partial charge in [-0.05, 0) is 84.7 Å². The Labute approximate surface area is 223 Å². The Morgan fingerprint density at radius 3 is 2.46 bits per heavy atom. The van der Waals surface area contributed by atoms with Crippen molar-refractivity contribution in [2.24, 2.45) is 11.3 Å². The number of amides is 1. The maximum Gasteiger partial charge on any atom is 0.217 e. The lowest BCUT2D eigenvalue weighted by Crippen LogP contribution is -2.65. The lowest BCUT2D eigenvalue weighted by Gasteiger charge is -2.50. The summed E-state index contributed by atoms with van der Waals surface area (Å²) < 4.78 is 0. The highest BCUT2D eigenvalue weighted by atomic mass is 16.3. The first kappa shape index (κ1) is 27.5. The van der Waals surface area contributed by atoms with Crippen LogP contribution in [0.3, 0.4) is 0 Å². The molecule has 0 aliphatic heterocycles. The van der Waals surface area contributed by atoms with Crippen molar-refractivity contribution < 1.29 is 15.0 Å². The Balaban J connectivity index is 1.72. The molecule has 0 aromatic heterocycles. The van der Waals surface area contributed by atoms with Gasteiger partial charge in [0.1, 0.15) is 0 Å². The molecule has 4 unspecified atom stereocenters. The van der Waals surface area contributed by atoms with Crippen LogP contribution in [0.25, 0.3) is 0 Å². The summed E-state index contributed by atoms with van der Waals surface area (Å²) >= 11 is 0. The molecule has 0 radical (unpaired) electrons. The van der Waals surface area contributed by atoms with Crippen LogP contribution in [0.5, 0.6) is 11.5 Å². The molecule has 2 aromatic rings. The third-order valence-electron chi connectivity index (χ3n) is 9.75. The van der Waals surface area contributed by atoms with Gasteiger partial charge in [0.05, 0.1) is 5.54 Å². The van der Waals surface area contributed by atoms with E-state index >= 15 is 0 Å². The van der Waals surface area contributed by atoms with Gasteiger partial charge in [-0.15, -0.1) is 0 Å². The van der Waals surface area contributed by atoms with Gasteiger partial charge in [-0.25, -0.2) is 0 Å². The number of fused-ring (bicyclic) bond motifs is 4. The normalized spacial score (nSPS) is 28.2. The molecule has 2 aliphatic carbocycles. The van der Waals surface area contributed by atoms with Crippen molar-refractivity contribution in [1.29, 1.82) is 0 Å². The van der Waals surface area contributed by atoms with Gasteiger partial charge in [-0.1, -0.05) is 65.3 Å². The molecule has 2 bridgehead atoms. The summed E-state index contributed by atoms with van der Waals surface area (Å²) in [6.07, 6.45) is 6.43. The average Bonchev–Trinajstić information content (AvgIpc) is 3.00. The Morgan fingerprint density at radius 1 is 1.08 bits per heavy atom. The number of aromatic hydroxyl groups is 2. The maximum atomic E-state index is 12.7. The number of carbonyl (C=O) groups is 1. The highest BCUT2D eigenvalue weighted by Gasteiger charge is 2.69. The van der Waals surface area contributed by atoms with Crippen molar-refractivity contribution in [1.82, 2.24) is 10.6 Å². The van der Waals surface area contributed by atoms with Gasteiger partial charge < -0.3 is 20.8 Å². The zero-order valence-corrected chi connectivity index (χ0v) is 23.6. The SMILES string of the molecule is CCCC1(NC(C)=O)C(C)C2(C)Cc3ccc(O)c(O)c3C1(CNCCc1ccc(CC)c(CC)c1)C2. The van der Waals surface area contributed by atoms with Crippen molar-refractivity contribution in [2.45, 2.75) is 97.4 Å². The van der Waals surface area contributed by atoms with Gasteiger partial charge >= 0.3 is 0 Å². The second-order valence-corrected chi connectivity index (χ2v) is 11.9. The molecule has 202 valence electrons. The molecule has 1 fully saturated rings. The molecular formula is C32H46N2O3. The summed E-state index contributed by atoms with van der Waals surface area (Å²) in [6.45, 7) is 14.2. The molecule has 4 rings (SSSR count). The monoisotopic (exact) mass is 506 g/mol. The topological polar surface area (TPSA) is 81.6 Å². The molecule has 37 heavy (non-hydrogen) atoms. The predicted octanol–water partition coefficient (Wildman–Crippen LogP) is 5.57. The minimum Gasteiger partial charge on any atom is -0.504 e. The van der Waals surface area contributed by atoms with Crippen molar-refractivity contribution in [2.75, 3.05) is 13.1 Å². The van der Waals surface area contributed by atoms with E-state index in [0.717, 1.165) is 62.6 Å². The van der Waals surface area contributed by atoms with Crippen LogP contribution >= 0.6 is 0 Å². The molecular weight excluding hydrogens is 460 g/mol. The number of nitrogens with one attached hydrogen (secondary N) is 2. The van der Waals surface area contributed by atoms with Gasteiger partial charge in [0.2, 0.25) is 5.91 Å². The number of phenolic OH excluding ortho intramolecular Hbond substituents is 2. The molecule has 2 aromatic carbocycles. The van der Waals surface area contributed by atoms with Crippen LogP contribution in [0.1, 0.15) is 88.6 Å². The number of phenols is 2. The van der Waals surface area contributed by atoms with Crippen LogP contribution in [-0.2, 0) is 35.9 Å². The summed E-state index contributed by atoms with van der Waals surface area (Å²) in [5, 5.41) is 29.1. The van der Waals surface area contributed by atoms with E-state index in [1.54, 1.807) is 13.0 Å². The Bertz CT molecular complexity index is 1160. The number of hydrogen-bond acceptors (Lipinski definition) is 4. The van der Waals surface area contributed by atoms with Gasteiger partial charge in [-0.3, -0.25) is 4.79 Å². The van der Waals surface area contributed by atoms with Crippen molar-refractivity contribution in [3.8, 4) is 11.5 Å². The minimum atomic E-state index is -0.528. The quantitative estimate of drug-likeness (QED) is 0.251. The van der Waals surface area contributed by atoms with E-state index in [9.17, 15) is 15.0 Å². The van der Waals surface area contributed by atoms with E-state index in [1.807, 2.05) is 6.07 Å². The molecule has 0 saturated heterocycles. The summed E-state index contributed by atoms with van der Waals surface area (Å²) in [5.41, 5.74) is 5.01. The van der Waals surface area contributed by atoms with Gasteiger partial charge in [-0.2, -0.15) is 0 Å². The third-order valence-corrected chi connectivity index (χ3v) is 9.75. The van der Waals surface area contributed by atoms with Gasteiger partial charge in [0.25, 0.3) is 0 Å². The summed E-state index contributed by atoms with van der Waals surface area (Å²) in [5.74, 6) is 0.0510. The zero-order chi connectivity index (χ0) is 27.0. The second kappa shape index (κ2) is 10.3. The van der Waals surface area contributed by atoms with E-state index in [0.29, 0.717) is 6.54 Å². The lowest BCUT2D eigenvalue weighted by atomic mass is 9.60. The van der Waals surface area contributed by atoms with E-state index in [-0.39, 0.29) is 28.7 Å². The summed E-state index contributed by atoms with van der Waals surface area (Å²) in [4.78, 5) is 12.7. The highest BCUT2D eigenvalue weighted by Crippen LogP contribution is 2.67. The smallest absolute Gasteiger partial charge is 0.217 e. The fourth-order valence-corrected chi connectivity index (χ4v) is 8.08. The number of hydrogen-bond donors (Lipinski definition) is 4. The summed E-state index contributed by atoms with van der Waals surface area (Å²) in [7, 11) is 0. The van der Waals surface area contributed by atoms with Gasteiger partial charge in [0.15, 0.2) is 11.5 Å². The number of rotatable bonds is 10. The average molecular weight is 507 g/mol. The van der Waals surface area contributed by atoms with E-state index in [1.165, 1.54) is 16.7 Å². The van der Waals surface area contributed by atoms with Gasteiger partial charge in [0, 0.05) is 24.4 Å². The van der Waals surface area contributed by atoms with Crippen molar-refractivity contribution in [3.05, 3.63) is 58.1 Å². The molecule has 1 amide bonds. The summed E-state index contributed by atoms with van der Waals surface area (Å²) in [6, 6.07) is 10.4. The van der Waals surface area contributed by atoms with Crippen LogP contribution < -0.4 is 10.6 Å². The molecule has 4 N–H and O–H groups in total. The number of carbonyl (C=O) groups excluding carboxylic acids is 1. The first-order chi connectivity index (χ1) is 17.6. The minimum absolute atomic E-state index is 0.0241. The Morgan fingerprint density at radius 2 is 1.81 bits per heavy atom. The fourth-order valence-electron chi connectivity index (χ4n) is 8.08. The van der Waals surface area contributed by atoms with Crippen molar-refractivity contribution in [3.63, 3.8) is 0 Å². The first-order valence-corrected chi connectivity index (χ1v) is 14.2. The molecule has 5 nitrogen and oxygen atoms in total. The van der Waals surface area contributed by atoms with Crippen LogP contribution in [0.4, 0.5) is 0 Å². The van der Waals surface area contributed by atoms with E-state index < -0.39 is 11.0 Å². The Hall–Kier alpha value is -2.53. The molecule has 1 saturated carbocycles. The maximum absolute atomic E-state index is 12.7. The highest BCUT2D eigenvalue weighted by molar-refractivity contribution is 5.75. The molecule has 2 aliphatic rings. The third kappa shape index (κ3) is 4.43. The Kier molecular flexibility index (Phi) is 7.67. The molecule has 0 spiro atoms. The largest absolute Gasteiger partial charge is 0.504 e. The molecule has 4 atom stereocenters. The van der Waals surface area contributed by atoms with Crippen LogP contribution in [0.2, 0.25) is 0 Å². The molecule has 0 heterocycles. The molecule has 5 heteroatoms. The fraction of sp³-hybridized carbons (Fsp3) is 0.594.